The van der Waals surface area contributed by atoms with Crippen LogP contribution in [-0.2, 0) is 20.9 Å². The van der Waals surface area contributed by atoms with Gasteiger partial charge in [0.2, 0.25) is 11.8 Å². The van der Waals surface area contributed by atoms with Crippen LogP contribution < -0.4 is 5.32 Å². The van der Waals surface area contributed by atoms with Gasteiger partial charge >= 0.3 is 0 Å². The Balaban J connectivity index is 1.51. The Bertz CT molecular complexity index is 759. The maximum atomic E-state index is 13.4. The summed E-state index contributed by atoms with van der Waals surface area (Å²) >= 11 is 0. The molecular formula is C24H36N4O3. The lowest BCUT2D eigenvalue weighted by Gasteiger charge is -2.32. The largest absolute Gasteiger partial charge is 0.383 e. The van der Waals surface area contributed by atoms with Crippen molar-refractivity contribution >= 4 is 11.8 Å². The Labute approximate surface area is 185 Å². The van der Waals surface area contributed by atoms with Crippen LogP contribution in [0.2, 0.25) is 0 Å². The maximum absolute atomic E-state index is 13.4. The third-order valence-corrected chi connectivity index (χ3v) is 6.81. The van der Waals surface area contributed by atoms with E-state index in [1.807, 2.05) is 9.80 Å². The maximum Gasteiger partial charge on any atom is 0.245 e. The second-order valence-corrected chi connectivity index (χ2v) is 9.19. The van der Waals surface area contributed by atoms with Gasteiger partial charge in [-0.2, -0.15) is 0 Å². The molecule has 2 amide bonds. The minimum Gasteiger partial charge on any atom is -0.383 e. The van der Waals surface area contributed by atoms with Gasteiger partial charge in [-0.15, -0.1) is 0 Å². The van der Waals surface area contributed by atoms with Gasteiger partial charge in [0, 0.05) is 64.9 Å². The Morgan fingerprint density at radius 2 is 1.84 bits per heavy atom. The van der Waals surface area contributed by atoms with Crippen LogP contribution in [0.4, 0.5) is 0 Å². The average molecular weight is 429 g/mol. The lowest BCUT2D eigenvalue weighted by Crippen LogP contribution is -2.53. The number of rotatable bonds is 8. The highest BCUT2D eigenvalue weighted by atomic mass is 16.5. The average Bonchev–Trinajstić information content (AvgIpc) is 3.56. The molecular weight excluding hydrogens is 392 g/mol. The molecule has 1 N–H and O–H groups in total. The molecule has 3 aliphatic rings. The normalized spacial score (nSPS) is 24.1. The molecule has 0 aromatic heterocycles. The molecule has 2 aliphatic heterocycles. The van der Waals surface area contributed by atoms with E-state index in [9.17, 15) is 9.59 Å². The second-order valence-electron chi connectivity index (χ2n) is 9.19. The zero-order valence-corrected chi connectivity index (χ0v) is 18.9. The van der Waals surface area contributed by atoms with Crippen LogP contribution >= 0.6 is 0 Å². The molecule has 7 nitrogen and oxygen atoms in total. The number of hydrogen-bond donors (Lipinski definition) is 1. The summed E-state index contributed by atoms with van der Waals surface area (Å²) in [4.78, 5) is 32.7. The van der Waals surface area contributed by atoms with Crippen LogP contribution in [0.1, 0.15) is 30.4 Å². The molecule has 2 heterocycles. The number of ether oxygens (including phenoxy) is 1. The third-order valence-electron chi connectivity index (χ3n) is 6.81. The van der Waals surface area contributed by atoms with Gasteiger partial charge in [-0.3, -0.25) is 14.5 Å². The van der Waals surface area contributed by atoms with Crippen molar-refractivity contribution < 1.29 is 14.3 Å². The van der Waals surface area contributed by atoms with E-state index in [1.165, 1.54) is 11.1 Å². The lowest BCUT2D eigenvalue weighted by molar-refractivity contribution is -0.144. The molecule has 3 fully saturated rings. The Hall–Kier alpha value is -1.96. The highest BCUT2D eigenvalue weighted by molar-refractivity contribution is 5.90. The number of likely N-dealkylation sites (tertiary alicyclic amines) is 1. The molecule has 0 bridgehead atoms. The van der Waals surface area contributed by atoms with Crippen LogP contribution in [-0.4, -0.2) is 91.6 Å². The van der Waals surface area contributed by atoms with Crippen molar-refractivity contribution in [3.05, 3.63) is 35.4 Å². The highest BCUT2D eigenvalue weighted by Crippen LogP contribution is 2.35. The number of hydrogen-bond acceptors (Lipinski definition) is 5. The molecule has 2 atom stereocenters. The van der Waals surface area contributed by atoms with Crippen molar-refractivity contribution in [2.45, 2.75) is 44.8 Å². The van der Waals surface area contributed by atoms with Crippen LogP contribution in [0.3, 0.4) is 0 Å². The van der Waals surface area contributed by atoms with Crippen molar-refractivity contribution in [3.8, 4) is 0 Å². The Kier molecular flexibility index (Phi) is 7.25. The number of amides is 2. The van der Waals surface area contributed by atoms with E-state index in [0.717, 1.165) is 52.1 Å². The first-order valence-corrected chi connectivity index (χ1v) is 11.7. The highest BCUT2D eigenvalue weighted by Gasteiger charge is 2.46. The third kappa shape index (κ3) is 5.45. The summed E-state index contributed by atoms with van der Waals surface area (Å²) in [6.07, 6.45) is 2.63. The molecule has 0 spiro atoms. The van der Waals surface area contributed by atoms with Crippen molar-refractivity contribution in [1.82, 2.24) is 20.0 Å². The summed E-state index contributed by atoms with van der Waals surface area (Å²) in [7, 11) is 1.72. The number of methoxy groups -OCH3 is 1. The SMILES string of the molecule is COCCN(Cc1ccc(C)cc1)C1CC(C(=O)N2CCNCC2)N(C(=O)C2CC2)C1. The van der Waals surface area contributed by atoms with E-state index in [-0.39, 0.29) is 29.8 Å². The van der Waals surface area contributed by atoms with Gasteiger partial charge in [0.15, 0.2) is 0 Å². The lowest BCUT2D eigenvalue weighted by atomic mass is 10.1. The van der Waals surface area contributed by atoms with Gasteiger partial charge in [-0.05, 0) is 31.7 Å². The van der Waals surface area contributed by atoms with Crippen LogP contribution in [0, 0.1) is 12.8 Å². The number of carbonyl (C=O) groups excluding carboxylic acids is 2. The molecule has 31 heavy (non-hydrogen) atoms. The number of benzene rings is 1. The number of carbonyl (C=O) groups is 2. The number of nitrogens with one attached hydrogen (secondary N) is 1. The van der Waals surface area contributed by atoms with Gasteiger partial charge in [0.25, 0.3) is 0 Å². The van der Waals surface area contributed by atoms with Crippen molar-refractivity contribution in [2.75, 3.05) is 53.0 Å². The minimum atomic E-state index is -0.334. The molecule has 0 radical (unpaired) electrons. The zero-order chi connectivity index (χ0) is 21.8. The predicted octanol–water partition coefficient (Wildman–Crippen LogP) is 1.25. The van der Waals surface area contributed by atoms with Gasteiger partial charge in [0.1, 0.15) is 6.04 Å². The fourth-order valence-corrected chi connectivity index (χ4v) is 4.74. The second kappa shape index (κ2) is 10.1. The quantitative estimate of drug-likeness (QED) is 0.675. The first kappa shape index (κ1) is 22.2. The number of aryl methyl sites for hydroxylation is 1. The summed E-state index contributed by atoms with van der Waals surface area (Å²) < 4.78 is 5.38. The number of piperazine rings is 1. The summed E-state index contributed by atoms with van der Waals surface area (Å²) in [5.74, 6) is 0.430. The summed E-state index contributed by atoms with van der Waals surface area (Å²) in [5, 5.41) is 3.31. The standard InChI is InChI=1S/C24H36N4O3/c1-18-3-5-19(6-4-18)16-27(13-14-31-2)21-15-22(24(30)26-11-9-25-10-12-26)28(17-21)23(29)20-7-8-20/h3-6,20-22,25H,7-17H2,1-2H3. The minimum absolute atomic E-state index is 0.125. The van der Waals surface area contributed by atoms with Gasteiger partial charge < -0.3 is 19.9 Å². The van der Waals surface area contributed by atoms with Gasteiger partial charge in [-0.25, -0.2) is 0 Å². The van der Waals surface area contributed by atoms with Crippen LogP contribution in [0.25, 0.3) is 0 Å². The fraction of sp³-hybridized carbons (Fsp3) is 0.667. The van der Waals surface area contributed by atoms with Crippen molar-refractivity contribution in [3.63, 3.8) is 0 Å². The summed E-state index contributed by atoms with van der Waals surface area (Å²) in [6, 6.07) is 8.44. The van der Waals surface area contributed by atoms with E-state index in [1.54, 1.807) is 7.11 Å². The van der Waals surface area contributed by atoms with Gasteiger partial charge in [0.05, 0.1) is 6.61 Å². The van der Waals surface area contributed by atoms with Gasteiger partial charge in [-0.1, -0.05) is 29.8 Å². The van der Waals surface area contributed by atoms with Crippen molar-refractivity contribution in [1.29, 1.82) is 0 Å². The monoisotopic (exact) mass is 428 g/mol. The van der Waals surface area contributed by atoms with E-state index < -0.39 is 0 Å². The molecule has 170 valence electrons. The molecule has 2 saturated heterocycles. The number of nitrogens with zero attached hydrogens (tertiary/aromatic N) is 3. The first-order chi connectivity index (χ1) is 15.1. The van der Waals surface area contributed by atoms with Crippen LogP contribution in [0.5, 0.6) is 0 Å². The molecule has 1 saturated carbocycles. The molecule has 4 rings (SSSR count). The molecule has 2 unspecified atom stereocenters. The van der Waals surface area contributed by atoms with E-state index in [4.69, 9.17) is 4.74 Å². The first-order valence-electron chi connectivity index (χ1n) is 11.7. The molecule has 1 aromatic rings. The summed E-state index contributed by atoms with van der Waals surface area (Å²) in [6.45, 7) is 8.05. The van der Waals surface area contributed by atoms with E-state index >= 15 is 0 Å². The van der Waals surface area contributed by atoms with E-state index in [0.29, 0.717) is 19.6 Å². The predicted molar refractivity (Wildman–Crippen MR) is 120 cm³/mol. The molecule has 1 aliphatic carbocycles. The Morgan fingerprint density at radius 1 is 1.13 bits per heavy atom. The smallest absolute Gasteiger partial charge is 0.245 e. The topological polar surface area (TPSA) is 65.1 Å². The van der Waals surface area contributed by atoms with Crippen LogP contribution in [0.15, 0.2) is 24.3 Å². The van der Waals surface area contributed by atoms with E-state index in [2.05, 4.69) is 41.4 Å². The zero-order valence-electron chi connectivity index (χ0n) is 18.9. The molecule has 7 heteroatoms. The van der Waals surface area contributed by atoms with Crippen molar-refractivity contribution in [2.24, 2.45) is 5.92 Å². The summed E-state index contributed by atoms with van der Waals surface area (Å²) in [5.41, 5.74) is 2.49. The fourth-order valence-electron chi connectivity index (χ4n) is 4.74. The molecule has 1 aromatic carbocycles. The Morgan fingerprint density at radius 3 is 2.48 bits per heavy atom.